The predicted molar refractivity (Wildman–Crippen MR) is 132 cm³/mol. The van der Waals surface area contributed by atoms with Crippen LogP contribution < -0.4 is 14.8 Å². The van der Waals surface area contributed by atoms with Gasteiger partial charge in [0.1, 0.15) is 12.4 Å². The smallest absolute Gasteiger partial charge is 0.312 e. The number of aromatic amines is 1. The van der Waals surface area contributed by atoms with Crippen LogP contribution in [0.5, 0.6) is 5.75 Å². The molecule has 1 heterocycles. The maximum absolute atomic E-state index is 11.5. The van der Waals surface area contributed by atoms with Crippen LogP contribution in [-0.4, -0.2) is 55.5 Å². The van der Waals surface area contributed by atoms with Gasteiger partial charge >= 0.3 is 5.97 Å². The lowest BCUT2D eigenvalue weighted by Gasteiger charge is -2.14. The molecule has 0 bridgehead atoms. The molecule has 3 aromatic rings. The van der Waals surface area contributed by atoms with Crippen molar-refractivity contribution in [3.63, 3.8) is 0 Å². The summed E-state index contributed by atoms with van der Waals surface area (Å²) in [6.07, 6.45) is 0.768. The maximum atomic E-state index is 11.5. The zero-order valence-corrected chi connectivity index (χ0v) is 20.3. The van der Waals surface area contributed by atoms with Gasteiger partial charge in [0.15, 0.2) is 0 Å². The van der Waals surface area contributed by atoms with Gasteiger partial charge in [-0.25, -0.2) is 8.42 Å². The van der Waals surface area contributed by atoms with Crippen LogP contribution in [0.1, 0.15) is 42.2 Å². The molecule has 34 heavy (non-hydrogen) atoms. The molecule has 0 spiro atoms. The topological polar surface area (TPSA) is 141 Å². The number of benzene rings is 2. The third-order valence-electron chi connectivity index (χ3n) is 5.58. The third-order valence-corrected chi connectivity index (χ3v) is 6.19. The Morgan fingerprint density at radius 2 is 1.97 bits per heavy atom. The first-order valence-corrected chi connectivity index (χ1v) is 12.9. The lowest BCUT2D eigenvalue weighted by molar-refractivity contribution is -0.138. The van der Waals surface area contributed by atoms with Crippen molar-refractivity contribution in [2.45, 2.75) is 32.3 Å². The van der Waals surface area contributed by atoms with Crippen molar-refractivity contribution in [2.24, 2.45) is 0 Å². The molecule has 0 aliphatic carbocycles. The molecule has 9 nitrogen and oxygen atoms in total. The number of carboxylic acids is 1. The lowest BCUT2D eigenvalue weighted by Crippen LogP contribution is -2.26. The normalized spacial score (nSPS) is 13.5. The minimum atomic E-state index is -3.39. The number of aliphatic carboxylic acids is 1. The van der Waals surface area contributed by atoms with Gasteiger partial charge in [0, 0.05) is 41.4 Å². The lowest BCUT2D eigenvalue weighted by atomic mass is 9.99. The molecule has 0 saturated carbocycles. The summed E-state index contributed by atoms with van der Waals surface area (Å²) >= 11 is 0. The summed E-state index contributed by atoms with van der Waals surface area (Å²) in [5, 5.41) is 23.9. The number of H-pyrrole nitrogens is 1. The summed E-state index contributed by atoms with van der Waals surface area (Å²) in [4.78, 5) is 14.8. The van der Waals surface area contributed by atoms with E-state index in [1.165, 1.54) is 0 Å². The quantitative estimate of drug-likeness (QED) is 0.246. The third kappa shape index (κ3) is 6.49. The van der Waals surface area contributed by atoms with Gasteiger partial charge in [0.05, 0.1) is 18.3 Å². The van der Waals surface area contributed by atoms with E-state index in [9.17, 15) is 23.4 Å². The number of sulfonamides is 1. The average Bonchev–Trinajstić information content (AvgIpc) is 3.08. The average molecular weight is 490 g/mol. The van der Waals surface area contributed by atoms with E-state index in [-0.39, 0.29) is 6.54 Å². The number of aromatic nitrogens is 1. The van der Waals surface area contributed by atoms with E-state index < -0.39 is 28.0 Å². The van der Waals surface area contributed by atoms with Crippen LogP contribution in [0.15, 0.2) is 42.5 Å². The van der Waals surface area contributed by atoms with Crippen LogP contribution in [0.4, 0.5) is 5.69 Å². The first-order chi connectivity index (χ1) is 16.1. The SMILES string of the molecule is CC[C@@H](C(=O)O)c1[nH]c2cc(OCCNCC(O)c3cccc(NS(C)(=O)=O)c3)ccc2c1C. The Hall–Kier alpha value is -3.08. The highest BCUT2D eigenvalue weighted by Gasteiger charge is 2.22. The monoisotopic (exact) mass is 489 g/mol. The second kappa shape index (κ2) is 10.9. The maximum Gasteiger partial charge on any atom is 0.312 e. The molecule has 0 aliphatic rings. The van der Waals surface area contributed by atoms with E-state index in [4.69, 9.17) is 4.74 Å². The van der Waals surface area contributed by atoms with Crippen LogP contribution in [0.3, 0.4) is 0 Å². The number of nitrogens with one attached hydrogen (secondary N) is 3. The van der Waals surface area contributed by atoms with E-state index >= 15 is 0 Å². The van der Waals surface area contributed by atoms with Crippen molar-refractivity contribution in [2.75, 3.05) is 30.7 Å². The molecule has 1 aromatic heterocycles. The van der Waals surface area contributed by atoms with E-state index in [1.54, 1.807) is 24.3 Å². The fourth-order valence-corrected chi connectivity index (χ4v) is 4.45. The number of hydrogen-bond acceptors (Lipinski definition) is 6. The van der Waals surface area contributed by atoms with Crippen molar-refractivity contribution in [3.8, 4) is 5.75 Å². The van der Waals surface area contributed by atoms with Crippen molar-refractivity contribution in [1.29, 1.82) is 0 Å². The zero-order valence-electron chi connectivity index (χ0n) is 19.5. The first-order valence-electron chi connectivity index (χ1n) is 11.0. The molecule has 0 saturated heterocycles. The summed E-state index contributed by atoms with van der Waals surface area (Å²) in [5.41, 5.74) is 3.47. The van der Waals surface area contributed by atoms with Crippen molar-refractivity contribution in [3.05, 3.63) is 59.3 Å². The highest BCUT2D eigenvalue weighted by Crippen LogP contribution is 2.31. The van der Waals surface area contributed by atoms with Crippen LogP contribution in [0, 0.1) is 6.92 Å². The second-order valence-electron chi connectivity index (χ2n) is 8.24. The molecule has 3 rings (SSSR count). The molecule has 2 aromatic carbocycles. The fourth-order valence-electron chi connectivity index (χ4n) is 3.90. The Morgan fingerprint density at radius 3 is 2.65 bits per heavy atom. The molecule has 10 heteroatoms. The second-order valence-corrected chi connectivity index (χ2v) is 9.99. The van der Waals surface area contributed by atoms with Gasteiger partial charge in [-0.2, -0.15) is 0 Å². The number of aliphatic hydroxyl groups excluding tert-OH is 1. The summed E-state index contributed by atoms with van der Waals surface area (Å²) < 4.78 is 31.0. The molecule has 0 radical (unpaired) electrons. The van der Waals surface area contributed by atoms with Crippen molar-refractivity contribution >= 4 is 32.6 Å². The molecule has 2 atom stereocenters. The summed E-state index contributed by atoms with van der Waals surface area (Å²) in [7, 11) is -3.39. The minimum absolute atomic E-state index is 0.275. The first kappa shape index (κ1) is 25.5. The Morgan fingerprint density at radius 1 is 1.21 bits per heavy atom. The van der Waals surface area contributed by atoms with Gasteiger partial charge in [-0.1, -0.05) is 19.1 Å². The van der Waals surface area contributed by atoms with Crippen LogP contribution >= 0.6 is 0 Å². The van der Waals surface area contributed by atoms with Gasteiger partial charge in [0.25, 0.3) is 0 Å². The molecular formula is C24H31N3O6S. The highest BCUT2D eigenvalue weighted by atomic mass is 32.2. The van der Waals surface area contributed by atoms with E-state index in [1.807, 2.05) is 32.0 Å². The fraction of sp³-hybridized carbons (Fsp3) is 0.375. The van der Waals surface area contributed by atoms with Crippen molar-refractivity contribution in [1.82, 2.24) is 10.3 Å². The summed E-state index contributed by atoms with van der Waals surface area (Å²) in [5.74, 6) is -0.763. The van der Waals surface area contributed by atoms with Crippen LogP contribution in [-0.2, 0) is 14.8 Å². The molecule has 0 amide bonds. The minimum Gasteiger partial charge on any atom is -0.492 e. The summed E-state index contributed by atoms with van der Waals surface area (Å²) in [6, 6.07) is 12.2. The van der Waals surface area contributed by atoms with Gasteiger partial charge in [-0.15, -0.1) is 0 Å². The Labute approximate surface area is 199 Å². The zero-order chi connectivity index (χ0) is 24.9. The number of anilines is 1. The molecular weight excluding hydrogens is 458 g/mol. The van der Waals surface area contributed by atoms with E-state index in [2.05, 4.69) is 15.0 Å². The van der Waals surface area contributed by atoms with Crippen LogP contribution in [0.2, 0.25) is 0 Å². The summed E-state index contributed by atoms with van der Waals surface area (Å²) in [6.45, 7) is 4.90. The highest BCUT2D eigenvalue weighted by molar-refractivity contribution is 7.92. The number of carboxylic acid groups (broad SMARTS) is 1. The number of aryl methyl sites for hydroxylation is 1. The van der Waals surface area contributed by atoms with E-state index in [0.29, 0.717) is 42.3 Å². The number of hydrogen-bond donors (Lipinski definition) is 5. The Kier molecular flexibility index (Phi) is 8.19. The van der Waals surface area contributed by atoms with Gasteiger partial charge in [-0.3, -0.25) is 9.52 Å². The Bertz CT molecular complexity index is 1250. The largest absolute Gasteiger partial charge is 0.492 e. The van der Waals surface area contributed by atoms with Crippen LogP contribution in [0.25, 0.3) is 10.9 Å². The van der Waals surface area contributed by atoms with Gasteiger partial charge < -0.3 is 25.3 Å². The predicted octanol–water partition coefficient (Wildman–Crippen LogP) is 3.13. The number of carbonyl (C=O) groups is 1. The van der Waals surface area contributed by atoms with Gasteiger partial charge in [0.2, 0.25) is 10.0 Å². The number of fused-ring (bicyclic) bond motifs is 1. The number of ether oxygens (including phenoxy) is 1. The van der Waals surface area contributed by atoms with E-state index in [0.717, 1.165) is 22.7 Å². The molecule has 5 N–H and O–H groups in total. The molecule has 0 fully saturated rings. The van der Waals surface area contributed by atoms with Crippen molar-refractivity contribution < 1.29 is 28.2 Å². The molecule has 0 aliphatic heterocycles. The Balaban J connectivity index is 1.52. The number of aliphatic hydroxyl groups is 1. The molecule has 1 unspecified atom stereocenters. The number of rotatable bonds is 12. The van der Waals surface area contributed by atoms with Gasteiger partial charge in [-0.05, 0) is 48.7 Å². The molecule has 184 valence electrons. The standard InChI is InChI=1S/C24H31N3O6S/c1-4-19(24(29)30)23-15(2)20-9-8-18(13-21(20)26-23)33-11-10-25-14-22(28)16-6-5-7-17(12-16)27-34(3,31)32/h5-9,12-13,19,22,25-28H,4,10-11,14H2,1-3H3,(H,29,30)/t19-,22?/m1/s1.